The number of anilines is 1. The van der Waals surface area contributed by atoms with E-state index in [9.17, 15) is 4.79 Å². The van der Waals surface area contributed by atoms with Gasteiger partial charge in [-0.15, -0.1) is 22.7 Å². The molecule has 0 aliphatic rings. The summed E-state index contributed by atoms with van der Waals surface area (Å²) < 4.78 is 4.92. The first-order valence-electron chi connectivity index (χ1n) is 5.04. The molecule has 0 fully saturated rings. The van der Waals surface area contributed by atoms with Crippen molar-refractivity contribution in [2.45, 2.75) is 13.5 Å². The predicted molar refractivity (Wildman–Crippen MR) is 67.5 cm³/mol. The lowest BCUT2D eigenvalue weighted by atomic mass is 10.4. The Kier molecular flexibility index (Phi) is 4.05. The maximum Gasteiger partial charge on any atom is 0.360 e. The van der Waals surface area contributed by atoms with E-state index >= 15 is 0 Å². The summed E-state index contributed by atoms with van der Waals surface area (Å²) in [6.07, 6.45) is 1.75. The van der Waals surface area contributed by atoms with Crippen LogP contribution in [0.3, 0.4) is 0 Å². The van der Waals surface area contributed by atoms with Crippen molar-refractivity contribution in [3.63, 3.8) is 0 Å². The minimum absolute atomic E-state index is 0.341. The number of rotatable bonds is 5. The van der Waals surface area contributed by atoms with Crippen LogP contribution in [0.1, 0.15) is 22.4 Å². The van der Waals surface area contributed by atoms with Gasteiger partial charge in [-0.1, -0.05) is 0 Å². The van der Waals surface area contributed by atoms with Gasteiger partial charge in [-0.2, -0.15) is 0 Å². The third-order valence-corrected chi connectivity index (χ3v) is 3.48. The number of esters is 1. The molecule has 5 nitrogen and oxygen atoms in total. The fourth-order valence-electron chi connectivity index (χ4n) is 1.21. The molecule has 0 bridgehead atoms. The second kappa shape index (κ2) is 5.74. The van der Waals surface area contributed by atoms with Crippen molar-refractivity contribution in [3.8, 4) is 0 Å². The predicted octanol–water partition coefficient (Wildman–Crippen LogP) is 2.39. The van der Waals surface area contributed by atoms with Crippen molar-refractivity contribution < 1.29 is 9.53 Å². The molecule has 2 aromatic heterocycles. The van der Waals surface area contributed by atoms with Gasteiger partial charge in [-0.25, -0.2) is 14.8 Å². The van der Waals surface area contributed by atoms with Gasteiger partial charge in [0.15, 0.2) is 5.69 Å². The minimum Gasteiger partial charge on any atom is -0.461 e. The Hall–Kier alpha value is -1.47. The molecule has 0 aliphatic carbocycles. The molecule has 0 saturated carbocycles. The van der Waals surface area contributed by atoms with Gasteiger partial charge in [0.05, 0.1) is 18.7 Å². The van der Waals surface area contributed by atoms with Crippen LogP contribution in [-0.2, 0) is 11.3 Å². The van der Waals surface area contributed by atoms with Gasteiger partial charge in [0.1, 0.15) is 10.0 Å². The zero-order valence-corrected chi connectivity index (χ0v) is 10.8. The summed E-state index contributed by atoms with van der Waals surface area (Å²) in [7, 11) is 0. The Morgan fingerprint density at radius 2 is 2.35 bits per heavy atom. The highest BCUT2D eigenvalue weighted by Crippen LogP contribution is 2.22. The first kappa shape index (κ1) is 12.0. The summed E-state index contributed by atoms with van der Waals surface area (Å²) in [5.74, 6) is -0.393. The molecule has 1 N–H and O–H groups in total. The molecule has 90 valence electrons. The third-order valence-electron chi connectivity index (χ3n) is 1.92. The molecule has 7 heteroatoms. The van der Waals surface area contributed by atoms with Gasteiger partial charge in [-0.3, -0.25) is 0 Å². The van der Waals surface area contributed by atoms with Crippen LogP contribution in [-0.4, -0.2) is 22.5 Å². The molecule has 0 spiro atoms. The van der Waals surface area contributed by atoms with E-state index in [1.54, 1.807) is 30.0 Å². The molecule has 0 aliphatic heterocycles. The number of aromatic nitrogens is 2. The lowest BCUT2D eigenvalue weighted by Crippen LogP contribution is -2.08. The van der Waals surface area contributed by atoms with E-state index in [2.05, 4.69) is 15.3 Å². The number of nitrogens with zero attached hydrogens (tertiary/aromatic N) is 2. The molecule has 2 heterocycles. The van der Waals surface area contributed by atoms with Gasteiger partial charge in [0, 0.05) is 11.6 Å². The number of carbonyl (C=O) groups excluding carboxylic acids is 1. The van der Waals surface area contributed by atoms with E-state index in [1.165, 1.54) is 11.3 Å². The standard InChI is InChI=1S/C10H11N3O2S2/c1-2-15-10(14)8-9(17-6-13-8)12-5-7-11-3-4-16-7/h3-4,6,12H,2,5H2,1H3. The van der Waals surface area contributed by atoms with E-state index in [0.29, 0.717) is 18.8 Å². The van der Waals surface area contributed by atoms with Crippen molar-refractivity contribution in [2.75, 3.05) is 11.9 Å². The summed E-state index contributed by atoms with van der Waals surface area (Å²) in [5, 5.41) is 6.74. The Bertz CT molecular complexity index is 481. The van der Waals surface area contributed by atoms with Gasteiger partial charge < -0.3 is 10.1 Å². The van der Waals surface area contributed by atoms with Crippen LogP contribution in [0.15, 0.2) is 17.1 Å². The Morgan fingerprint density at radius 1 is 1.47 bits per heavy atom. The lowest BCUT2D eigenvalue weighted by Gasteiger charge is -2.03. The highest BCUT2D eigenvalue weighted by atomic mass is 32.1. The highest BCUT2D eigenvalue weighted by Gasteiger charge is 2.15. The summed E-state index contributed by atoms with van der Waals surface area (Å²) in [6.45, 7) is 2.71. The van der Waals surface area contributed by atoms with Crippen molar-refractivity contribution in [1.29, 1.82) is 0 Å². The molecule has 2 rings (SSSR count). The first-order valence-corrected chi connectivity index (χ1v) is 6.80. The first-order chi connectivity index (χ1) is 8.31. The average molecular weight is 269 g/mol. The largest absolute Gasteiger partial charge is 0.461 e. The molecule has 0 aromatic carbocycles. The molecule has 0 atom stereocenters. The van der Waals surface area contributed by atoms with E-state index in [0.717, 1.165) is 10.0 Å². The highest BCUT2D eigenvalue weighted by molar-refractivity contribution is 7.14. The molecule has 0 saturated heterocycles. The topological polar surface area (TPSA) is 64.1 Å². The van der Waals surface area contributed by atoms with Crippen molar-refractivity contribution >= 4 is 33.6 Å². The van der Waals surface area contributed by atoms with Crippen LogP contribution < -0.4 is 5.32 Å². The number of ether oxygens (including phenoxy) is 1. The van der Waals surface area contributed by atoms with E-state index < -0.39 is 5.97 Å². The second-order valence-electron chi connectivity index (χ2n) is 3.03. The van der Waals surface area contributed by atoms with E-state index in [1.807, 2.05) is 5.38 Å². The maximum absolute atomic E-state index is 11.6. The van der Waals surface area contributed by atoms with Crippen LogP contribution in [0.4, 0.5) is 5.00 Å². The Morgan fingerprint density at radius 3 is 3.06 bits per heavy atom. The molecule has 0 amide bonds. The molecular formula is C10H11N3O2S2. The van der Waals surface area contributed by atoms with Crippen LogP contribution in [0.2, 0.25) is 0 Å². The number of hydrogen-bond acceptors (Lipinski definition) is 7. The quantitative estimate of drug-likeness (QED) is 0.844. The second-order valence-corrected chi connectivity index (χ2v) is 4.86. The van der Waals surface area contributed by atoms with Gasteiger partial charge in [0.25, 0.3) is 0 Å². The van der Waals surface area contributed by atoms with E-state index in [-0.39, 0.29) is 0 Å². The van der Waals surface area contributed by atoms with Crippen molar-refractivity contribution in [2.24, 2.45) is 0 Å². The zero-order valence-electron chi connectivity index (χ0n) is 9.17. The van der Waals surface area contributed by atoms with Crippen molar-refractivity contribution in [3.05, 3.63) is 27.8 Å². The van der Waals surface area contributed by atoms with Crippen molar-refractivity contribution in [1.82, 2.24) is 9.97 Å². The SMILES string of the molecule is CCOC(=O)c1ncsc1NCc1nccs1. The number of carbonyl (C=O) groups is 1. The van der Waals surface area contributed by atoms with Crippen LogP contribution in [0.5, 0.6) is 0 Å². The monoisotopic (exact) mass is 269 g/mol. The summed E-state index contributed by atoms with van der Waals surface area (Å²) in [4.78, 5) is 19.7. The van der Waals surface area contributed by atoms with E-state index in [4.69, 9.17) is 4.74 Å². The Labute approximate surface area is 106 Å². The smallest absolute Gasteiger partial charge is 0.360 e. The lowest BCUT2D eigenvalue weighted by molar-refractivity contribution is 0.0521. The number of hydrogen-bond donors (Lipinski definition) is 1. The van der Waals surface area contributed by atoms with Crippen LogP contribution in [0.25, 0.3) is 0 Å². The number of nitrogens with one attached hydrogen (secondary N) is 1. The number of thiazole rings is 2. The molecule has 2 aromatic rings. The fraction of sp³-hybridized carbons (Fsp3) is 0.300. The fourth-order valence-corrected chi connectivity index (χ4v) is 2.44. The molecular weight excluding hydrogens is 258 g/mol. The van der Waals surface area contributed by atoms with Crippen LogP contribution in [0, 0.1) is 0 Å². The molecule has 0 radical (unpaired) electrons. The van der Waals surface area contributed by atoms with Gasteiger partial charge >= 0.3 is 5.97 Å². The summed E-state index contributed by atoms with van der Waals surface area (Å²) in [5.41, 5.74) is 1.96. The maximum atomic E-state index is 11.6. The minimum atomic E-state index is -0.393. The zero-order chi connectivity index (χ0) is 12.1. The molecule has 17 heavy (non-hydrogen) atoms. The van der Waals surface area contributed by atoms with Crippen LogP contribution >= 0.6 is 22.7 Å². The Balaban J connectivity index is 2.01. The average Bonchev–Trinajstić information content (AvgIpc) is 2.98. The third kappa shape index (κ3) is 3.01. The van der Waals surface area contributed by atoms with Gasteiger partial charge in [-0.05, 0) is 6.92 Å². The van der Waals surface area contributed by atoms with Gasteiger partial charge in [0.2, 0.25) is 0 Å². The summed E-state index contributed by atoms with van der Waals surface area (Å²) in [6, 6.07) is 0. The summed E-state index contributed by atoms with van der Waals surface area (Å²) >= 11 is 2.94. The normalized spacial score (nSPS) is 10.2. The molecule has 0 unspecified atom stereocenters.